The maximum Gasteiger partial charge on any atom is 0.326 e. The summed E-state index contributed by atoms with van der Waals surface area (Å²) in [6.07, 6.45) is 3.64. The third-order valence-electron chi connectivity index (χ3n) is 3.67. The average Bonchev–Trinajstić information content (AvgIpc) is 3.11. The minimum Gasteiger partial charge on any atom is -0.306 e. The molecule has 1 aromatic heterocycles. The maximum absolute atomic E-state index is 11.9. The van der Waals surface area contributed by atoms with E-state index >= 15 is 0 Å². The lowest BCUT2D eigenvalue weighted by Crippen LogP contribution is -2.14. The van der Waals surface area contributed by atoms with Gasteiger partial charge in [-0.15, -0.1) is 0 Å². The molecular formula is C14H16N2O2. The van der Waals surface area contributed by atoms with E-state index in [0.29, 0.717) is 12.5 Å². The SMILES string of the molecule is CC(CC=O)c1ccc2c(c1)[nH]c(=O)n2C1CC1. The number of hydrogen-bond donors (Lipinski definition) is 1. The second kappa shape index (κ2) is 4.12. The summed E-state index contributed by atoms with van der Waals surface area (Å²) in [5.41, 5.74) is 2.93. The Bertz CT molecular complexity index is 649. The summed E-state index contributed by atoms with van der Waals surface area (Å²) in [5, 5.41) is 0. The van der Waals surface area contributed by atoms with Crippen molar-refractivity contribution in [2.45, 2.75) is 38.1 Å². The zero-order chi connectivity index (χ0) is 12.7. The van der Waals surface area contributed by atoms with Gasteiger partial charge in [0.25, 0.3) is 0 Å². The fourth-order valence-corrected chi connectivity index (χ4v) is 2.43. The summed E-state index contributed by atoms with van der Waals surface area (Å²) in [6.45, 7) is 2.02. The summed E-state index contributed by atoms with van der Waals surface area (Å²) >= 11 is 0. The van der Waals surface area contributed by atoms with Gasteiger partial charge in [-0.2, -0.15) is 0 Å². The van der Waals surface area contributed by atoms with Crippen molar-refractivity contribution >= 4 is 17.3 Å². The van der Waals surface area contributed by atoms with Gasteiger partial charge in [-0.05, 0) is 36.5 Å². The number of carbonyl (C=O) groups excluding carboxylic acids is 1. The number of H-pyrrole nitrogens is 1. The predicted molar refractivity (Wildman–Crippen MR) is 69.9 cm³/mol. The van der Waals surface area contributed by atoms with Gasteiger partial charge in [-0.25, -0.2) is 4.79 Å². The van der Waals surface area contributed by atoms with Crippen LogP contribution in [0.1, 0.15) is 43.7 Å². The minimum absolute atomic E-state index is 0.0207. The van der Waals surface area contributed by atoms with E-state index in [1.165, 1.54) is 0 Å². The highest BCUT2D eigenvalue weighted by atomic mass is 16.1. The van der Waals surface area contributed by atoms with E-state index in [2.05, 4.69) is 4.98 Å². The molecule has 1 aliphatic rings. The summed E-state index contributed by atoms with van der Waals surface area (Å²) < 4.78 is 1.85. The van der Waals surface area contributed by atoms with Crippen LogP contribution in [-0.2, 0) is 4.79 Å². The Morgan fingerprint density at radius 1 is 1.50 bits per heavy atom. The van der Waals surface area contributed by atoms with E-state index < -0.39 is 0 Å². The van der Waals surface area contributed by atoms with Crippen molar-refractivity contribution < 1.29 is 4.79 Å². The van der Waals surface area contributed by atoms with Crippen LogP contribution in [0, 0.1) is 0 Å². The summed E-state index contributed by atoms with van der Waals surface area (Å²) in [7, 11) is 0. The van der Waals surface area contributed by atoms with Crippen molar-refractivity contribution in [1.82, 2.24) is 9.55 Å². The third kappa shape index (κ3) is 1.78. The molecule has 1 unspecified atom stereocenters. The average molecular weight is 244 g/mol. The van der Waals surface area contributed by atoms with Crippen molar-refractivity contribution in [2.75, 3.05) is 0 Å². The van der Waals surface area contributed by atoms with Crippen molar-refractivity contribution in [3.63, 3.8) is 0 Å². The van der Waals surface area contributed by atoms with E-state index in [0.717, 1.165) is 35.7 Å². The maximum atomic E-state index is 11.9. The molecule has 4 nitrogen and oxygen atoms in total. The number of hydrogen-bond acceptors (Lipinski definition) is 2. The van der Waals surface area contributed by atoms with Gasteiger partial charge in [0.2, 0.25) is 0 Å². The lowest BCUT2D eigenvalue weighted by atomic mass is 9.98. The van der Waals surface area contributed by atoms with Gasteiger partial charge in [-0.3, -0.25) is 4.57 Å². The zero-order valence-corrected chi connectivity index (χ0v) is 10.3. The van der Waals surface area contributed by atoms with Crippen LogP contribution >= 0.6 is 0 Å². The van der Waals surface area contributed by atoms with Crippen LogP contribution in [0.15, 0.2) is 23.0 Å². The number of benzene rings is 1. The Hall–Kier alpha value is -1.84. The second-order valence-electron chi connectivity index (χ2n) is 5.11. The Labute approximate surface area is 105 Å². The molecule has 1 aliphatic carbocycles. The first-order valence-corrected chi connectivity index (χ1v) is 6.38. The summed E-state index contributed by atoms with van der Waals surface area (Å²) in [4.78, 5) is 25.3. The number of aromatic amines is 1. The van der Waals surface area contributed by atoms with Crippen molar-refractivity contribution in [1.29, 1.82) is 0 Å². The van der Waals surface area contributed by atoms with Gasteiger partial charge < -0.3 is 9.78 Å². The number of aldehydes is 1. The van der Waals surface area contributed by atoms with Crippen molar-refractivity contribution in [3.05, 3.63) is 34.2 Å². The van der Waals surface area contributed by atoms with Crippen LogP contribution in [-0.4, -0.2) is 15.8 Å². The number of carbonyl (C=O) groups is 1. The zero-order valence-electron chi connectivity index (χ0n) is 10.3. The number of rotatable bonds is 4. The highest BCUT2D eigenvalue weighted by Crippen LogP contribution is 2.36. The van der Waals surface area contributed by atoms with Crippen molar-refractivity contribution in [3.8, 4) is 0 Å². The van der Waals surface area contributed by atoms with E-state index in [-0.39, 0.29) is 11.6 Å². The van der Waals surface area contributed by atoms with E-state index in [9.17, 15) is 9.59 Å². The lowest BCUT2D eigenvalue weighted by molar-refractivity contribution is -0.108. The molecule has 1 heterocycles. The molecule has 0 saturated heterocycles. The molecule has 18 heavy (non-hydrogen) atoms. The molecule has 4 heteroatoms. The smallest absolute Gasteiger partial charge is 0.306 e. The second-order valence-corrected chi connectivity index (χ2v) is 5.11. The molecule has 2 aromatic rings. The molecule has 0 amide bonds. The molecule has 0 aliphatic heterocycles. The van der Waals surface area contributed by atoms with Gasteiger partial charge >= 0.3 is 5.69 Å². The molecule has 1 atom stereocenters. The molecule has 94 valence electrons. The fraction of sp³-hybridized carbons (Fsp3) is 0.429. The molecule has 1 fully saturated rings. The highest BCUT2D eigenvalue weighted by Gasteiger charge is 2.27. The van der Waals surface area contributed by atoms with Crippen LogP contribution < -0.4 is 5.69 Å². The topological polar surface area (TPSA) is 54.9 Å². The number of nitrogens with zero attached hydrogens (tertiary/aromatic N) is 1. The van der Waals surface area contributed by atoms with Gasteiger partial charge in [0.15, 0.2) is 0 Å². The lowest BCUT2D eigenvalue weighted by Gasteiger charge is -2.08. The monoisotopic (exact) mass is 244 g/mol. The summed E-state index contributed by atoms with van der Waals surface area (Å²) in [6, 6.07) is 6.37. The molecule has 1 saturated carbocycles. The van der Waals surface area contributed by atoms with Gasteiger partial charge in [0.05, 0.1) is 11.0 Å². The Morgan fingerprint density at radius 2 is 2.28 bits per heavy atom. The standard InChI is InChI=1S/C14H16N2O2/c1-9(6-7-17)10-2-5-13-12(8-10)15-14(18)16(13)11-3-4-11/h2,5,7-9,11H,3-4,6H2,1H3,(H,15,18). The summed E-state index contributed by atoms with van der Waals surface area (Å²) in [5.74, 6) is 0.194. The number of aromatic nitrogens is 2. The first-order chi connectivity index (χ1) is 8.70. The largest absolute Gasteiger partial charge is 0.326 e. The van der Waals surface area contributed by atoms with E-state index in [1.54, 1.807) is 0 Å². The number of imidazole rings is 1. The van der Waals surface area contributed by atoms with E-state index in [1.807, 2.05) is 29.7 Å². The van der Waals surface area contributed by atoms with E-state index in [4.69, 9.17) is 0 Å². The number of fused-ring (bicyclic) bond motifs is 1. The molecule has 1 N–H and O–H groups in total. The van der Waals surface area contributed by atoms with Crippen LogP contribution in [0.2, 0.25) is 0 Å². The molecule has 1 aromatic carbocycles. The number of nitrogens with one attached hydrogen (secondary N) is 1. The molecule has 0 radical (unpaired) electrons. The minimum atomic E-state index is -0.0207. The molecular weight excluding hydrogens is 228 g/mol. The van der Waals surface area contributed by atoms with Crippen LogP contribution in [0.4, 0.5) is 0 Å². The van der Waals surface area contributed by atoms with Gasteiger partial charge in [0.1, 0.15) is 6.29 Å². The fourth-order valence-electron chi connectivity index (χ4n) is 2.43. The first kappa shape index (κ1) is 11.3. The molecule has 0 bridgehead atoms. The van der Waals surface area contributed by atoms with Gasteiger partial charge in [0, 0.05) is 12.5 Å². The Balaban J connectivity index is 2.08. The Morgan fingerprint density at radius 3 is 2.94 bits per heavy atom. The molecule has 0 spiro atoms. The first-order valence-electron chi connectivity index (χ1n) is 6.38. The molecule has 3 rings (SSSR count). The van der Waals surface area contributed by atoms with Gasteiger partial charge in [-0.1, -0.05) is 13.0 Å². The van der Waals surface area contributed by atoms with Crippen LogP contribution in [0.25, 0.3) is 11.0 Å². The Kier molecular flexibility index (Phi) is 2.58. The highest BCUT2D eigenvalue weighted by molar-refractivity contribution is 5.76. The normalized spacial score (nSPS) is 16.9. The van der Waals surface area contributed by atoms with Crippen molar-refractivity contribution in [2.24, 2.45) is 0 Å². The third-order valence-corrected chi connectivity index (χ3v) is 3.67. The quantitative estimate of drug-likeness (QED) is 0.839. The predicted octanol–water partition coefficient (Wildman–Crippen LogP) is 2.36. The van der Waals surface area contributed by atoms with Crippen LogP contribution in [0.5, 0.6) is 0 Å². The van der Waals surface area contributed by atoms with Crippen LogP contribution in [0.3, 0.4) is 0 Å².